The third-order valence-electron chi connectivity index (χ3n) is 7.07. The highest BCUT2D eigenvalue weighted by Gasteiger charge is 2.39. The number of carbonyl (C=O) groups is 10. The molecule has 0 fully saturated rings. The van der Waals surface area contributed by atoms with Gasteiger partial charge in [-0.3, -0.25) is 48.2 Å². The highest BCUT2D eigenvalue weighted by Crippen LogP contribution is 2.16. The first-order chi connectivity index (χ1) is 26.5. The zero-order chi connectivity index (χ0) is 42.9. The lowest BCUT2D eigenvalue weighted by atomic mass is 10.1. The smallest absolute Gasteiger partial charge is 0.410 e. The summed E-state index contributed by atoms with van der Waals surface area (Å²) in [5.41, 5.74) is -1.35. The van der Waals surface area contributed by atoms with Gasteiger partial charge in [-0.25, -0.2) is 9.59 Å². The summed E-state index contributed by atoms with van der Waals surface area (Å²) in [5, 5.41) is 20.2. The minimum absolute atomic E-state index is 0.00974. The second-order valence-corrected chi connectivity index (χ2v) is 14.4. The van der Waals surface area contributed by atoms with E-state index >= 15 is 0 Å². The minimum Gasteiger partial charge on any atom is -0.480 e. The van der Waals surface area contributed by atoms with Gasteiger partial charge >= 0.3 is 18.0 Å². The number of imide groups is 1. The van der Waals surface area contributed by atoms with Crippen LogP contribution in [0, 0.1) is 0 Å². The standard InChI is InChI=1S/C36H49N7O14/c1-35(2,3)56-31(51)19-42(34(54)57-36(4,5)6)18-24(43-28(47)12-13-29(43)48)33(53)39-15-25(44)37-17-27(46)41-23(14-22-10-8-7-9-11-22)32(52)38-16-26(45)40-21-55-20-30(49)50/h7-13,23-24H,14-21H2,1-6H3,(H,37,44)(H,38,52)(H,39,53)(H,40,45)(H,41,46)(H,49,50)/t23-,24?/m0/s1. The first-order valence-corrected chi connectivity index (χ1v) is 17.5. The Morgan fingerprint density at radius 1 is 0.737 bits per heavy atom. The van der Waals surface area contributed by atoms with Crippen LogP contribution in [0.25, 0.3) is 0 Å². The molecule has 0 spiro atoms. The molecule has 1 aromatic carbocycles. The predicted octanol–water partition coefficient (Wildman–Crippen LogP) is -1.89. The highest BCUT2D eigenvalue weighted by atomic mass is 16.6. The number of nitrogens with zero attached hydrogens (tertiary/aromatic N) is 2. The third kappa shape index (κ3) is 18.2. The van der Waals surface area contributed by atoms with Gasteiger partial charge in [0.2, 0.25) is 29.5 Å². The lowest BCUT2D eigenvalue weighted by molar-refractivity contribution is -0.156. The van der Waals surface area contributed by atoms with Crippen molar-refractivity contribution in [3.05, 3.63) is 48.0 Å². The van der Waals surface area contributed by atoms with Crippen LogP contribution in [0.4, 0.5) is 4.79 Å². The first-order valence-electron chi connectivity index (χ1n) is 17.5. The Morgan fingerprint density at radius 3 is 1.84 bits per heavy atom. The van der Waals surface area contributed by atoms with E-state index in [1.54, 1.807) is 71.9 Å². The van der Waals surface area contributed by atoms with E-state index in [2.05, 4.69) is 26.6 Å². The monoisotopic (exact) mass is 803 g/mol. The van der Waals surface area contributed by atoms with E-state index in [0.717, 1.165) is 17.1 Å². The van der Waals surface area contributed by atoms with Crippen molar-refractivity contribution in [2.45, 2.75) is 71.2 Å². The SMILES string of the molecule is CC(C)(C)OC(=O)CN(CC(C(=O)NCC(=O)NCC(=O)N[C@@H](Cc1ccccc1)C(=O)NCC(=O)NCOCC(=O)O)N1C(=O)C=CC1=O)C(=O)OC(C)(C)C. The van der Waals surface area contributed by atoms with Crippen LogP contribution < -0.4 is 26.6 Å². The lowest BCUT2D eigenvalue weighted by Gasteiger charge is -2.32. The molecule has 1 aliphatic rings. The molecule has 21 nitrogen and oxygen atoms in total. The molecule has 21 heteroatoms. The number of ether oxygens (including phenoxy) is 3. The van der Waals surface area contributed by atoms with Gasteiger partial charge < -0.3 is 45.9 Å². The molecule has 0 aliphatic carbocycles. The van der Waals surface area contributed by atoms with Crippen molar-refractivity contribution in [3.8, 4) is 0 Å². The van der Waals surface area contributed by atoms with Crippen LogP contribution in [0.3, 0.4) is 0 Å². The summed E-state index contributed by atoms with van der Waals surface area (Å²) in [6, 6.07) is 5.58. The molecule has 1 aromatic rings. The number of hydrogen-bond acceptors (Lipinski definition) is 13. The Bertz CT molecular complexity index is 1680. The van der Waals surface area contributed by atoms with Crippen LogP contribution in [-0.2, 0) is 63.8 Å². The summed E-state index contributed by atoms with van der Waals surface area (Å²) >= 11 is 0. The fourth-order valence-corrected chi connectivity index (χ4v) is 4.72. The minimum atomic E-state index is -1.75. The maximum Gasteiger partial charge on any atom is 0.410 e. The van der Waals surface area contributed by atoms with E-state index in [0.29, 0.717) is 10.5 Å². The Labute approximate surface area is 328 Å². The number of aliphatic carboxylic acids is 1. The quantitative estimate of drug-likeness (QED) is 0.0364. The van der Waals surface area contributed by atoms with Crippen LogP contribution in [0.2, 0.25) is 0 Å². The van der Waals surface area contributed by atoms with Crippen molar-refractivity contribution in [2.24, 2.45) is 0 Å². The number of benzene rings is 1. The molecule has 57 heavy (non-hydrogen) atoms. The molecule has 0 bridgehead atoms. The number of carboxylic acids is 1. The van der Waals surface area contributed by atoms with E-state index in [9.17, 15) is 47.9 Å². The number of carboxylic acid groups (broad SMARTS) is 1. The number of hydrogen-bond donors (Lipinski definition) is 6. The zero-order valence-corrected chi connectivity index (χ0v) is 32.5. The van der Waals surface area contributed by atoms with Gasteiger partial charge in [-0.2, -0.15) is 0 Å². The van der Waals surface area contributed by atoms with Gasteiger partial charge in [-0.15, -0.1) is 0 Å². The third-order valence-corrected chi connectivity index (χ3v) is 7.07. The second-order valence-electron chi connectivity index (χ2n) is 14.4. The summed E-state index contributed by atoms with van der Waals surface area (Å²) in [7, 11) is 0. The van der Waals surface area contributed by atoms with E-state index in [4.69, 9.17) is 19.3 Å². The van der Waals surface area contributed by atoms with Gasteiger partial charge in [-0.1, -0.05) is 30.3 Å². The fourth-order valence-electron chi connectivity index (χ4n) is 4.72. The van der Waals surface area contributed by atoms with E-state index < -0.39 is 129 Å². The van der Waals surface area contributed by atoms with Crippen molar-refractivity contribution >= 4 is 59.4 Å². The van der Waals surface area contributed by atoms with E-state index in [1.165, 1.54) is 0 Å². The summed E-state index contributed by atoms with van der Waals surface area (Å²) < 4.78 is 15.4. The zero-order valence-electron chi connectivity index (χ0n) is 32.5. The van der Waals surface area contributed by atoms with Crippen molar-refractivity contribution in [1.82, 2.24) is 36.4 Å². The summed E-state index contributed by atoms with van der Waals surface area (Å²) in [6.07, 6.45) is 0.733. The molecule has 1 aliphatic heterocycles. The summed E-state index contributed by atoms with van der Waals surface area (Å²) in [6.45, 7) is 4.96. The highest BCUT2D eigenvalue weighted by molar-refractivity contribution is 6.15. The Morgan fingerprint density at radius 2 is 1.28 bits per heavy atom. The van der Waals surface area contributed by atoms with Crippen LogP contribution in [0.15, 0.2) is 42.5 Å². The first kappa shape index (κ1) is 46.8. The Balaban J connectivity index is 2.09. The summed E-state index contributed by atoms with van der Waals surface area (Å²) in [5.74, 6) is -8.19. The Hall–Kier alpha value is -6.38. The lowest BCUT2D eigenvalue weighted by Crippen LogP contribution is -2.57. The molecule has 6 N–H and O–H groups in total. The molecule has 8 amide bonds. The topological polar surface area (TPSA) is 285 Å². The van der Waals surface area contributed by atoms with Gasteiger partial charge in [0.05, 0.1) is 26.2 Å². The van der Waals surface area contributed by atoms with Crippen molar-refractivity contribution in [3.63, 3.8) is 0 Å². The fraction of sp³-hybridized carbons (Fsp3) is 0.500. The second kappa shape index (κ2) is 21.6. The molecule has 0 saturated heterocycles. The van der Waals surface area contributed by atoms with E-state index in [1.807, 2.05) is 0 Å². The van der Waals surface area contributed by atoms with Crippen molar-refractivity contribution in [1.29, 1.82) is 0 Å². The molecule has 1 heterocycles. The molecule has 1 unspecified atom stereocenters. The molecule has 2 rings (SSSR count). The molecule has 0 radical (unpaired) electrons. The maximum atomic E-state index is 13.5. The summed E-state index contributed by atoms with van der Waals surface area (Å²) in [4.78, 5) is 127. The number of amides is 8. The normalized spacial score (nSPS) is 13.5. The van der Waals surface area contributed by atoms with Crippen molar-refractivity contribution in [2.75, 3.05) is 46.1 Å². The van der Waals surface area contributed by atoms with Gasteiger partial charge in [0.15, 0.2) is 0 Å². The van der Waals surface area contributed by atoms with Crippen LogP contribution >= 0.6 is 0 Å². The van der Waals surface area contributed by atoms with E-state index in [-0.39, 0.29) is 6.42 Å². The molecule has 2 atom stereocenters. The number of nitrogens with one attached hydrogen (secondary N) is 5. The van der Waals surface area contributed by atoms with Crippen LogP contribution in [0.1, 0.15) is 47.1 Å². The Kier molecular flexibility index (Phi) is 17.8. The van der Waals surface area contributed by atoms with Crippen molar-refractivity contribution < 1.29 is 67.3 Å². The number of carbonyl (C=O) groups excluding carboxylic acids is 9. The largest absolute Gasteiger partial charge is 0.480 e. The average molecular weight is 804 g/mol. The molecule has 0 aromatic heterocycles. The molecule has 312 valence electrons. The van der Waals surface area contributed by atoms with Crippen LogP contribution in [-0.4, -0.2) is 144 Å². The maximum absolute atomic E-state index is 13.5. The molecular weight excluding hydrogens is 754 g/mol. The predicted molar refractivity (Wildman–Crippen MR) is 196 cm³/mol. The average Bonchev–Trinajstić information content (AvgIpc) is 3.43. The van der Waals surface area contributed by atoms with Gasteiger partial charge in [-0.05, 0) is 47.1 Å². The van der Waals surface area contributed by atoms with Gasteiger partial charge in [0.25, 0.3) is 11.8 Å². The van der Waals surface area contributed by atoms with Gasteiger partial charge in [0.1, 0.15) is 43.2 Å². The molecule has 0 saturated carbocycles. The number of esters is 1. The number of rotatable bonds is 20. The van der Waals surface area contributed by atoms with Gasteiger partial charge in [0, 0.05) is 18.6 Å². The van der Waals surface area contributed by atoms with Crippen LogP contribution in [0.5, 0.6) is 0 Å². The molecular formula is C36H49N7O14.